The van der Waals surface area contributed by atoms with Gasteiger partial charge in [0.15, 0.2) is 0 Å². The molecule has 0 saturated heterocycles. The summed E-state index contributed by atoms with van der Waals surface area (Å²) in [5.41, 5.74) is 5.19. The van der Waals surface area contributed by atoms with Gasteiger partial charge in [-0.2, -0.15) is 0 Å². The molecule has 6 rings (SSSR count). The van der Waals surface area contributed by atoms with Gasteiger partial charge < -0.3 is 15.4 Å². The molecule has 0 radical (unpaired) electrons. The number of hydrogen-bond donors (Lipinski definition) is 2. The van der Waals surface area contributed by atoms with E-state index in [0.29, 0.717) is 40.6 Å². The van der Waals surface area contributed by atoms with Crippen LogP contribution in [0, 0.1) is 17.8 Å². The van der Waals surface area contributed by atoms with Gasteiger partial charge in [0.2, 0.25) is 0 Å². The molecule has 5 nitrogen and oxygen atoms in total. The number of benzene rings is 3. The predicted octanol–water partition coefficient (Wildman–Crippen LogP) is 6.41. The first-order valence-electron chi connectivity index (χ1n) is 12.7. The number of esters is 1. The smallest absolute Gasteiger partial charge is 0.340 e. The number of hydrogen-bond acceptors (Lipinski definition) is 4. The fraction of sp³-hybridized carbons (Fsp3) is 0.333. The maximum atomic E-state index is 13.3. The Balaban J connectivity index is 1.31. The number of carbonyl (C=O) groups excluding carboxylic acids is 2. The van der Waals surface area contributed by atoms with E-state index >= 15 is 0 Å². The van der Waals surface area contributed by atoms with Crippen LogP contribution in [-0.2, 0) is 4.74 Å². The minimum Gasteiger partial charge on any atom is -0.462 e. The molecule has 3 aromatic carbocycles. The first-order valence-corrected chi connectivity index (χ1v) is 12.7. The van der Waals surface area contributed by atoms with Crippen LogP contribution in [0.2, 0.25) is 0 Å². The average Bonchev–Trinajstić information content (AvgIpc) is 3.52. The summed E-state index contributed by atoms with van der Waals surface area (Å²) >= 11 is 0. The van der Waals surface area contributed by atoms with Gasteiger partial charge in [-0.1, -0.05) is 42.5 Å². The number of carbonyl (C=O) groups is 2. The van der Waals surface area contributed by atoms with Crippen LogP contribution in [0.3, 0.4) is 0 Å². The van der Waals surface area contributed by atoms with E-state index in [9.17, 15) is 9.59 Å². The molecule has 2 bridgehead atoms. The van der Waals surface area contributed by atoms with Crippen molar-refractivity contribution in [2.75, 3.05) is 17.2 Å². The zero-order valence-electron chi connectivity index (χ0n) is 19.9. The summed E-state index contributed by atoms with van der Waals surface area (Å²) in [5.74, 6) is 1.77. The Bertz CT molecular complexity index is 1270. The lowest BCUT2D eigenvalue weighted by Crippen LogP contribution is -2.35. The number of nitrogens with one attached hydrogen (secondary N) is 2. The van der Waals surface area contributed by atoms with Crippen molar-refractivity contribution in [2.45, 2.75) is 38.1 Å². The number of amides is 1. The van der Waals surface area contributed by atoms with E-state index in [0.717, 1.165) is 11.6 Å². The third-order valence-electron chi connectivity index (χ3n) is 8.18. The first kappa shape index (κ1) is 21.9. The van der Waals surface area contributed by atoms with Crippen LogP contribution >= 0.6 is 0 Å². The molecule has 0 spiro atoms. The lowest BCUT2D eigenvalue weighted by Gasteiger charge is -2.43. The Hall–Kier alpha value is -3.60. The topological polar surface area (TPSA) is 67.4 Å². The van der Waals surface area contributed by atoms with Crippen molar-refractivity contribution < 1.29 is 14.3 Å². The molecule has 5 atom stereocenters. The highest BCUT2D eigenvalue weighted by atomic mass is 16.5. The molecule has 2 fully saturated rings. The summed E-state index contributed by atoms with van der Waals surface area (Å²) in [4.78, 5) is 25.6. The van der Waals surface area contributed by atoms with E-state index in [1.165, 1.54) is 30.4 Å². The summed E-state index contributed by atoms with van der Waals surface area (Å²) in [6.45, 7) is 2.05. The molecule has 0 unspecified atom stereocenters. The van der Waals surface area contributed by atoms with Crippen molar-refractivity contribution >= 4 is 23.3 Å². The number of anilines is 2. The van der Waals surface area contributed by atoms with Gasteiger partial charge in [0, 0.05) is 11.3 Å². The molecular formula is C30H30N2O3. The normalized spacial score (nSPS) is 25.8. The van der Waals surface area contributed by atoms with E-state index in [2.05, 4.69) is 53.1 Å². The van der Waals surface area contributed by atoms with Crippen molar-refractivity contribution in [1.29, 1.82) is 0 Å². The molecule has 0 aromatic heterocycles. The Morgan fingerprint density at radius 3 is 2.57 bits per heavy atom. The van der Waals surface area contributed by atoms with Gasteiger partial charge >= 0.3 is 5.97 Å². The lowest BCUT2D eigenvalue weighted by molar-refractivity contribution is 0.0527. The van der Waals surface area contributed by atoms with Crippen LogP contribution in [0.25, 0.3) is 0 Å². The Labute approximate surface area is 205 Å². The molecule has 35 heavy (non-hydrogen) atoms. The summed E-state index contributed by atoms with van der Waals surface area (Å²) < 4.78 is 5.15. The molecule has 5 heteroatoms. The van der Waals surface area contributed by atoms with Crippen molar-refractivity contribution in [3.63, 3.8) is 0 Å². The van der Waals surface area contributed by atoms with Gasteiger partial charge in [-0.3, -0.25) is 4.79 Å². The van der Waals surface area contributed by atoms with Gasteiger partial charge in [-0.05, 0) is 91.3 Å². The second kappa shape index (κ2) is 8.88. The van der Waals surface area contributed by atoms with Crippen molar-refractivity contribution in [3.8, 4) is 0 Å². The third kappa shape index (κ3) is 3.79. The van der Waals surface area contributed by atoms with E-state index < -0.39 is 5.97 Å². The van der Waals surface area contributed by atoms with Gasteiger partial charge in [-0.25, -0.2) is 4.79 Å². The van der Waals surface area contributed by atoms with Crippen molar-refractivity contribution in [1.82, 2.24) is 0 Å². The molecular weight excluding hydrogens is 436 g/mol. The maximum absolute atomic E-state index is 13.3. The molecule has 3 aromatic rings. The van der Waals surface area contributed by atoms with Crippen LogP contribution in [0.1, 0.15) is 70.0 Å². The molecule has 1 amide bonds. The summed E-state index contributed by atoms with van der Waals surface area (Å²) in [5, 5.41) is 6.77. The summed E-state index contributed by atoms with van der Waals surface area (Å²) in [6, 6.07) is 24.1. The summed E-state index contributed by atoms with van der Waals surface area (Å²) in [7, 11) is 0. The van der Waals surface area contributed by atoms with Crippen molar-refractivity contribution in [3.05, 3.63) is 95.1 Å². The maximum Gasteiger partial charge on any atom is 0.340 e. The highest BCUT2D eigenvalue weighted by molar-refractivity contribution is 6.08. The van der Waals surface area contributed by atoms with E-state index in [1.54, 1.807) is 31.2 Å². The monoisotopic (exact) mass is 466 g/mol. The van der Waals surface area contributed by atoms with Gasteiger partial charge in [0.05, 0.1) is 23.9 Å². The molecule has 3 aliphatic rings. The minimum atomic E-state index is -0.435. The molecule has 1 aliphatic heterocycles. The Kier molecular flexibility index (Phi) is 5.56. The molecule has 1 heterocycles. The second-order valence-corrected chi connectivity index (χ2v) is 9.99. The Morgan fingerprint density at radius 2 is 1.74 bits per heavy atom. The highest BCUT2D eigenvalue weighted by Crippen LogP contribution is 2.63. The zero-order valence-corrected chi connectivity index (χ0v) is 19.9. The largest absolute Gasteiger partial charge is 0.462 e. The predicted molar refractivity (Wildman–Crippen MR) is 137 cm³/mol. The Morgan fingerprint density at radius 1 is 0.971 bits per heavy atom. The average molecular weight is 467 g/mol. The van der Waals surface area contributed by atoms with Crippen LogP contribution in [0.4, 0.5) is 11.4 Å². The molecule has 2 aliphatic carbocycles. The van der Waals surface area contributed by atoms with Crippen LogP contribution in [0.15, 0.2) is 72.8 Å². The van der Waals surface area contributed by atoms with Crippen LogP contribution in [0.5, 0.6) is 0 Å². The fourth-order valence-corrected chi connectivity index (χ4v) is 6.79. The van der Waals surface area contributed by atoms with Crippen molar-refractivity contribution in [2.24, 2.45) is 17.8 Å². The van der Waals surface area contributed by atoms with E-state index in [1.807, 2.05) is 6.07 Å². The quantitative estimate of drug-likeness (QED) is 0.426. The number of fused-ring (bicyclic) bond motifs is 7. The third-order valence-corrected chi connectivity index (χ3v) is 8.18. The minimum absolute atomic E-state index is 0.213. The first-order chi connectivity index (χ1) is 17.1. The van der Waals surface area contributed by atoms with Gasteiger partial charge in [-0.15, -0.1) is 0 Å². The zero-order chi connectivity index (χ0) is 23.9. The standard InChI is InChI=1S/C30H30N2O3/c1-2-35-30(34)22-10-6-7-11-24(22)32-29(33)21-14-15-25-23(17-21)26-19-12-13-20(16-19)27(26)28(31-25)18-8-4-3-5-9-18/h3-11,14-15,17,19-20,26-28,31H,2,12-13,16H2,1H3,(H,32,33)/t19-,20-,26-,27+,28+/m0/s1. The second-order valence-electron chi connectivity index (χ2n) is 9.99. The molecule has 178 valence electrons. The fourth-order valence-electron chi connectivity index (χ4n) is 6.79. The number of rotatable bonds is 5. The van der Waals surface area contributed by atoms with Crippen LogP contribution in [-0.4, -0.2) is 18.5 Å². The number of para-hydroxylation sites is 1. The highest BCUT2D eigenvalue weighted by Gasteiger charge is 2.53. The molecule has 2 N–H and O–H groups in total. The number of ether oxygens (including phenoxy) is 1. The van der Waals surface area contributed by atoms with Crippen LogP contribution < -0.4 is 10.6 Å². The van der Waals surface area contributed by atoms with E-state index in [4.69, 9.17) is 4.74 Å². The van der Waals surface area contributed by atoms with E-state index in [-0.39, 0.29) is 12.5 Å². The molecule has 2 saturated carbocycles. The van der Waals surface area contributed by atoms with Gasteiger partial charge in [0.1, 0.15) is 0 Å². The lowest BCUT2D eigenvalue weighted by atomic mass is 9.68. The SMILES string of the molecule is CCOC(=O)c1ccccc1NC(=O)c1ccc2c(c1)[C@@H]1[C@H]3CC[C@@H](C3)[C@H]1[C@@H](c1ccccc1)N2. The summed E-state index contributed by atoms with van der Waals surface area (Å²) in [6.07, 6.45) is 3.86. The van der Waals surface area contributed by atoms with Gasteiger partial charge in [0.25, 0.3) is 5.91 Å².